The molecular weight excluding hydrogens is 464 g/mol. The predicted octanol–water partition coefficient (Wildman–Crippen LogP) is 4.22. The lowest BCUT2D eigenvalue weighted by Gasteiger charge is -2.19. The Kier molecular flexibility index (Phi) is 8.63. The van der Waals surface area contributed by atoms with Crippen LogP contribution in [0.4, 0.5) is 0 Å². The van der Waals surface area contributed by atoms with E-state index in [2.05, 4.69) is 28.1 Å². The molecule has 2 aliphatic rings. The van der Waals surface area contributed by atoms with Crippen molar-refractivity contribution in [1.82, 2.24) is 0 Å². The number of hydrogen-bond acceptors (Lipinski definition) is 6. The van der Waals surface area contributed by atoms with E-state index in [1.165, 1.54) is 11.1 Å². The maximum Gasteiger partial charge on any atom is 0.188 e. The third-order valence-corrected chi connectivity index (χ3v) is 5.71. The quantitative estimate of drug-likeness (QED) is 0.564. The van der Waals surface area contributed by atoms with Crippen LogP contribution in [0, 0.1) is 0 Å². The number of fused-ring (bicyclic) bond motifs is 2. The van der Waals surface area contributed by atoms with E-state index in [-0.39, 0.29) is 25.2 Å². The van der Waals surface area contributed by atoms with E-state index in [9.17, 15) is 9.59 Å². The fourth-order valence-electron chi connectivity index (χ4n) is 3.76. The Bertz CT molecular complexity index is 940. The topological polar surface area (TPSA) is 71.1 Å². The molecule has 0 N–H and O–H groups in total. The molecule has 4 rings (SSSR count). The van der Waals surface area contributed by atoms with Crippen LogP contribution in [0.1, 0.15) is 35.1 Å². The largest absolute Gasteiger partial charge is 0.467 e. The Morgan fingerprint density at radius 3 is 2.00 bits per heavy atom. The van der Waals surface area contributed by atoms with Crippen LogP contribution in [-0.2, 0) is 44.7 Å². The Morgan fingerprint density at radius 2 is 1.35 bits per heavy atom. The number of carbonyl (C=O) groups is 2. The smallest absolute Gasteiger partial charge is 0.188 e. The molecule has 0 aromatic heterocycles. The van der Waals surface area contributed by atoms with Crippen molar-refractivity contribution in [2.24, 2.45) is 0 Å². The van der Waals surface area contributed by atoms with Gasteiger partial charge in [0.2, 0.25) is 0 Å². The van der Waals surface area contributed by atoms with Crippen molar-refractivity contribution in [3.63, 3.8) is 0 Å². The summed E-state index contributed by atoms with van der Waals surface area (Å²) in [6.45, 7) is 0.432. The molecule has 0 unspecified atom stereocenters. The van der Waals surface area contributed by atoms with Crippen molar-refractivity contribution < 1.29 is 28.5 Å². The lowest BCUT2D eigenvalue weighted by atomic mass is 9.90. The molecule has 0 radical (unpaired) electrons. The Morgan fingerprint density at radius 1 is 0.774 bits per heavy atom. The second-order valence-corrected chi connectivity index (χ2v) is 8.38. The molecule has 0 aliphatic heterocycles. The Balaban J connectivity index is 0.000000176. The number of benzene rings is 2. The fourth-order valence-corrected chi connectivity index (χ4v) is 4.25. The van der Waals surface area contributed by atoms with Gasteiger partial charge in [0.15, 0.2) is 13.6 Å². The second-order valence-electron chi connectivity index (χ2n) is 7.47. The highest BCUT2D eigenvalue weighted by Crippen LogP contribution is 2.32. The van der Waals surface area contributed by atoms with Gasteiger partial charge in [0.1, 0.15) is 23.1 Å². The molecule has 0 saturated carbocycles. The zero-order chi connectivity index (χ0) is 22.2. The molecular formula is C24H27BrO6. The van der Waals surface area contributed by atoms with E-state index < -0.39 is 0 Å². The lowest BCUT2D eigenvalue weighted by Crippen LogP contribution is -2.15. The van der Waals surface area contributed by atoms with Gasteiger partial charge < -0.3 is 18.9 Å². The molecule has 166 valence electrons. The normalized spacial score (nSPS) is 14.8. The molecule has 0 saturated heterocycles. The number of ether oxygens (including phenoxy) is 4. The van der Waals surface area contributed by atoms with Crippen molar-refractivity contribution in [2.45, 2.75) is 38.5 Å². The van der Waals surface area contributed by atoms with E-state index in [4.69, 9.17) is 18.9 Å². The van der Waals surface area contributed by atoms with Crippen LogP contribution in [0.3, 0.4) is 0 Å². The SMILES string of the molecule is COCOc1cc(Br)cc2c1CC(=O)CC2.COCOc1cccc2c1CC(=O)CC2. The van der Waals surface area contributed by atoms with Crippen LogP contribution in [0.15, 0.2) is 34.8 Å². The first-order valence-corrected chi connectivity index (χ1v) is 11.0. The third-order valence-electron chi connectivity index (χ3n) is 5.26. The number of carbonyl (C=O) groups excluding carboxylic acids is 2. The predicted molar refractivity (Wildman–Crippen MR) is 120 cm³/mol. The first kappa shape index (κ1) is 23.4. The summed E-state index contributed by atoms with van der Waals surface area (Å²) in [6, 6.07) is 9.84. The minimum atomic E-state index is 0.205. The van der Waals surface area contributed by atoms with E-state index in [1.54, 1.807) is 14.2 Å². The summed E-state index contributed by atoms with van der Waals surface area (Å²) in [5.74, 6) is 2.09. The Hall–Kier alpha value is -2.22. The van der Waals surface area contributed by atoms with Gasteiger partial charge in [-0.1, -0.05) is 28.1 Å². The fraction of sp³-hybridized carbons (Fsp3) is 0.417. The number of hydrogen-bond donors (Lipinski definition) is 0. The highest BCUT2D eigenvalue weighted by molar-refractivity contribution is 9.10. The van der Waals surface area contributed by atoms with Crippen molar-refractivity contribution in [2.75, 3.05) is 27.8 Å². The first-order valence-electron chi connectivity index (χ1n) is 10.2. The van der Waals surface area contributed by atoms with Gasteiger partial charge >= 0.3 is 0 Å². The maximum absolute atomic E-state index is 11.4. The minimum Gasteiger partial charge on any atom is -0.467 e. The van der Waals surface area contributed by atoms with Gasteiger partial charge in [0.05, 0.1) is 0 Å². The highest BCUT2D eigenvalue weighted by Gasteiger charge is 2.20. The van der Waals surface area contributed by atoms with Crippen LogP contribution in [0.25, 0.3) is 0 Å². The van der Waals surface area contributed by atoms with Crippen molar-refractivity contribution in [3.8, 4) is 11.5 Å². The van der Waals surface area contributed by atoms with Crippen LogP contribution in [0.2, 0.25) is 0 Å². The lowest BCUT2D eigenvalue weighted by molar-refractivity contribution is -0.119. The van der Waals surface area contributed by atoms with Crippen molar-refractivity contribution >= 4 is 27.5 Å². The zero-order valence-electron chi connectivity index (χ0n) is 17.9. The molecule has 2 aromatic rings. The number of rotatable bonds is 6. The van der Waals surface area contributed by atoms with Crippen LogP contribution in [-0.4, -0.2) is 39.4 Å². The number of halogens is 1. The zero-order valence-corrected chi connectivity index (χ0v) is 19.5. The molecule has 0 atom stereocenters. The summed E-state index contributed by atoms with van der Waals surface area (Å²) in [4.78, 5) is 22.8. The molecule has 0 spiro atoms. The number of Topliss-reactive ketones (excluding diaryl/α,β-unsaturated/α-hetero) is 2. The molecule has 7 heteroatoms. The van der Waals surface area contributed by atoms with Crippen molar-refractivity contribution in [1.29, 1.82) is 0 Å². The summed E-state index contributed by atoms with van der Waals surface area (Å²) in [7, 11) is 3.16. The second kappa shape index (κ2) is 11.4. The average molecular weight is 491 g/mol. The van der Waals surface area contributed by atoms with Crippen LogP contribution >= 0.6 is 15.9 Å². The number of aryl methyl sites for hydroxylation is 2. The molecule has 2 aromatic carbocycles. The van der Waals surface area contributed by atoms with Crippen LogP contribution in [0.5, 0.6) is 11.5 Å². The van der Waals surface area contributed by atoms with E-state index in [0.717, 1.165) is 39.9 Å². The van der Waals surface area contributed by atoms with Gasteiger partial charge in [-0.3, -0.25) is 9.59 Å². The standard InChI is InChI=1S/C12H13BrO3.C12H14O3/c1-15-7-16-12-5-9(13)4-8-2-3-10(14)6-11(8)12;1-14-8-15-12-4-2-3-9-5-6-10(13)7-11(9)12/h4-5H,2-3,6-7H2,1H3;2-4H,5-8H2,1H3. The van der Waals surface area contributed by atoms with Crippen molar-refractivity contribution in [3.05, 3.63) is 57.1 Å². The maximum atomic E-state index is 11.4. The molecule has 0 amide bonds. The summed E-state index contributed by atoms with van der Waals surface area (Å²) in [5.41, 5.74) is 4.46. The average Bonchev–Trinajstić information content (AvgIpc) is 2.77. The molecule has 0 heterocycles. The van der Waals surface area contributed by atoms with E-state index in [1.807, 2.05) is 18.2 Å². The molecule has 6 nitrogen and oxygen atoms in total. The highest BCUT2D eigenvalue weighted by atomic mass is 79.9. The summed E-state index contributed by atoms with van der Waals surface area (Å²) in [5, 5.41) is 0. The van der Waals surface area contributed by atoms with Gasteiger partial charge in [-0.25, -0.2) is 0 Å². The molecule has 0 fully saturated rings. The molecule has 2 aliphatic carbocycles. The molecule has 31 heavy (non-hydrogen) atoms. The van der Waals surface area contributed by atoms with Gasteiger partial charge in [-0.2, -0.15) is 0 Å². The molecule has 0 bridgehead atoms. The summed E-state index contributed by atoms with van der Waals surface area (Å²) in [6.07, 6.45) is 3.89. The Labute approximate surface area is 191 Å². The monoisotopic (exact) mass is 490 g/mol. The summed E-state index contributed by atoms with van der Waals surface area (Å²) < 4.78 is 21.6. The van der Waals surface area contributed by atoms with Gasteiger partial charge in [0.25, 0.3) is 0 Å². The van der Waals surface area contributed by atoms with Gasteiger partial charge in [-0.15, -0.1) is 0 Å². The first-order chi connectivity index (χ1) is 15.0. The number of methoxy groups -OCH3 is 2. The number of ketones is 2. The van der Waals surface area contributed by atoms with Crippen LogP contribution < -0.4 is 9.47 Å². The third kappa shape index (κ3) is 6.38. The van der Waals surface area contributed by atoms with Gasteiger partial charge in [0, 0.05) is 55.5 Å². The van der Waals surface area contributed by atoms with E-state index >= 15 is 0 Å². The van der Waals surface area contributed by atoms with Gasteiger partial charge in [-0.05, 0) is 42.2 Å². The van der Waals surface area contributed by atoms with E-state index in [0.29, 0.717) is 25.7 Å². The summed E-state index contributed by atoms with van der Waals surface area (Å²) >= 11 is 3.44. The minimum absolute atomic E-state index is 0.205.